The minimum atomic E-state index is -0.789. The van der Waals surface area contributed by atoms with Crippen molar-refractivity contribution in [1.82, 2.24) is 20.8 Å². The lowest BCUT2D eigenvalue weighted by Crippen LogP contribution is -2.49. The topological polar surface area (TPSA) is 137 Å². The number of aromatic nitrogens is 2. The normalized spacial score (nSPS) is 11.3. The molecule has 0 bridgehead atoms. The van der Waals surface area contributed by atoms with Crippen molar-refractivity contribution in [2.75, 3.05) is 6.61 Å². The summed E-state index contributed by atoms with van der Waals surface area (Å²) in [6.45, 7) is 6.32. The van der Waals surface area contributed by atoms with Crippen molar-refractivity contribution in [2.24, 2.45) is 0 Å². The summed E-state index contributed by atoms with van der Waals surface area (Å²) < 4.78 is 15.5. The Morgan fingerprint density at radius 1 is 1.24 bits per heavy atom. The van der Waals surface area contributed by atoms with Crippen molar-refractivity contribution in [1.29, 1.82) is 0 Å². The number of hydrogen-bond donors (Lipinski definition) is 2. The van der Waals surface area contributed by atoms with Crippen molar-refractivity contribution in [3.63, 3.8) is 0 Å². The number of nitrogens with zero attached hydrogens (tertiary/aromatic N) is 2. The minimum absolute atomic E-state index is 0.118. The van der Waals surface area contributed by atoms with Crippen LogP contribution in [0.15, 0.2) is 33.4 Å². The number of carbonyl (C=O) groups is 3. The minimum Gasteiger partial charge on any atom is -0.463 e. The number of nitrogens with one attached hydrogen (secondary N) is 2. The lowest BCUT2D eigenvalue weighted by Gasteiger charge is -2.20. The van der Waals surface area contributed by atoms with E-state index in [2.05, 4.69) is 20.8 Å². The number of esters is 1. The molecule has 3 amide bonds. The maximum atomic E-state index is 12.6. The van der Waals surface area contributed by atoms with Crippen LogP contribution in [0.1, 0.15) is 36.8 Å². The molecular formula is C19H20N4O6. The summed E-state index contributed by atoms with van der Waals surface area (Å²) in [5.74, 6) is -1.13. The van der Waals surface area contributed by atoms with Gasteiger partial charge in [-0.25, -0.2) is 14.6 Å². The summed E-state index contributed by atoms with van der Waals surface area (Å²) in [4.78, 5) is 40.5. The fraction of sp³-hybridized carbons (Fsp3) is 0.316. The molecule has 3 heterocycles. The van der Waals surface area contributed by atoms with Crippen LogP contribution in [0.25, 0.3) is 22.6 Å². The second kappa shape index (κ2) is 7.74. The summed E-state index contributed by atoms with van der Waals surface area (Å²) in [5, 5.41) is 8.86. The number of furan rings is 1. The molecule has 0 aliphatic carbocycles. The third-order valence-corrected chi connectivity index (χ3v) is 3.69. The van der Waals surface area contributed by atoms with E-state index in [1.54, 1.807) is 39.8 Å². The van der Waals surface area contributed by atoms with Gasteiger partial charge in [-0.15, -0.1) is 0 Å². The van der Waals surface area contributed by atoms with E-state index in [1.165, 1.54) is 12.3 Å². The van der Waals surface area contributed by atoms with Crippen LogP contribution in [0.2, 0.25) is 0 Å². The average Bonchev–Trinajstić information content (AvgIpc) is 3.27. The third kappa shape index (κ3) is 4.78. The van der Waals surface area contributed by atoms with E-state index in [-0.39, 0.29) is 11.3 Å². The van der Waals surface area contributed by atoms with Crippen LogP contribution < -0.4 is 10.6 Å². The number of imide groups is 1. The lowest BCUT2D eigenvalue weighted by atomic mass is 10.1. The second-order valence-electron chi connectivity index (χ2n) is 7.31. The highest BCUT2D eigenvalue weighted by Gasteiger charge is 2.22. The molecule has 0 atom stereocenters. The highest BCUT2D eigenvalue weighted by atomic mass is 16.5. The smallest absolute Gasteiger partial charge is 0.339 e. The Balaban J connectivity index is 1.76. The molecule has 10 nitrogen and oxygen atoms in total. The molecule has 3 aromatic rings. The van der Waals surface area contributed by atoms with Gasteiger partial charge in [0, 0.05) is 5.54 Å². The highest BCUT2D eigenvalue weighted by molar-refractivity contribution is 6.05. The predicted molar refractivity (Wildman–Crippen MR) is 101 cm³/mol. The number of amides is 3. The molecule has 3 aromatic heterocycles. The summed E-state index contributed by atoms with van der Waals surface area (Å²) in [7, 11) is 0. The Morgan fingerprint density at radius 3 is 2.66 bits per heavy atom. The van der Waals surface area contributed by atoms with Gasteiger partial charge >= 0.3 is 12.0 Å². The average molecular weight is 400 g/mol. The first-order valence-electron chi connectivity index (χ1n) is 8.74. The van der Waals surface area contributed by atoms with Crippen LogP contribution in [0, 0.1) is 6.92 Å². The Hall–Kier alpha value is -3.69. The number of fused-ring (bicyclic) bond motifs is 1. The van der Waals surface area contributed by atoms with Crippen molar-refractivity contribution >= 4 is 29.0 Å². The Bertz CT molecular complexity index is 1060. The SMILES string of the molecule is Cc1noc2nc(-c3ccco3)cc(C(=O)OCC(=O)NC(=O)NC(C)(C)C)c12. The van der Waals surface area contributed by atoms with Crippen molar-refractivity contribution < 1.29 is 28.1 Å². The van der Waals surface area contributed by atoms with Crippen LogP contribution in [-0.4, -0.2) is 40.2 Å². The Morgan fingerprint density at radius 2 is 2.00 bits per heavy atom. The van der Waals surface area contributed by atoms with E-state index in [9.17, 15) is 14.4 Å². The van der Waals surface area contributed by atoms with Gasteiger partial charge in [-0.1, -0.05) is 5.16 Å². The van der Waals surface area contributed by atoms with Gasteiger partial charge < -0.3 is 19.0 Å². The van der Waals surface area contributed by atoms with E-state index >= 15 is 0 Å². The van der Waals surface area contributed by atoms with E-state index in [0.717, 1.165) is 0 Å². The maximum absolute atomic E-state index is 12.6. The van der Waals surface area contributed by atoms with E-state index < -0.39 is 30.1 Å². The fourth-order valence-electron chi connectivity index (χ4n) is 2.55. The van der Waals surface area contributed by atoms with Gasteiger partial charge in [0.05, 0.1) is 22.9 Å². The molecule has 0 aliphatic heterocycles. The number of aryl methyl sites for hydroxylation is 1. The number of urea groups is 1. The van der Waals surface area contributed by atoms with Crippen LogP contribution >= 0.6 is 0 Å². The van der Waals surface area contributed by atoms with E-state index in [0.29, 0.717) is 22.5 Å². The number of carbonyl (C=O) groups excluding carboxylic acids is 3. The van der Waals surface area contributed by atoms with Crippen LogP contribution in [0.5, 0.6) is 0 Å². The number of hydrogen-bond acceptors (Lipinski definition) is 8. The molecule has 0 saturated heterocycles. The second-order valence-corrected chi connectivity index (χ2v) is 7.31. The zero-order valence-electron chi connectivity index (χ0n) is 16.4. The first kappa shape index (κ1) is 20.1. The van der Waals surface area contributed by atoms with Crippen molar-refractivity contribution in [2.45, 2.75) is 33.2 Å². The Labute approximate surface area is 165 Å². The molecule has 0 spiro atoms. The largest absolute Gasteiger partial charge is 0.463 e. The summed E-state index contributed by atoms with van der Waals surface area (Å²) in [6.07, 6.45) is 1.47. The predicted octanol–water partition coefficient (Wildman–Crippen LogP) is 2.57. The van der Waals surface area contributed by atoms with Crippen molar-refractivity contribution in [3.05, 3.63) is 35.7 Å². The van der Waals surface area contributed by atoms with E-state index in [4.69, 9.17) is 13.7 Å². The molecule has 3 rings (SSSR count). The van der Waals surface area contributed by atoms with Gasteiger partial charge in [-0.05, 0) is 45.9 Å². The molecule has 0 aliphatic rings. The molecule has 0 fully saturated rings. The molecule has 0 unspecified atom stereocenters. The van der Waals surface area contributed by atoms with Gasteiger partial charge in [0.25, 0.3) is 11.6 Å². The summed E-state index contributed by atoms with van der Waals surface area (Å²) in [6, 6.07) is 4.14. The molecular weight excluding hydrogens is 380 g/mol. The third-order valence-electron chi connectivity index (χ3n) is 3.69. The summed E-state index contributed by atoms with van der Waals surface area (Å²) >= 11 is 0. The zero-order chi connectivity index (χ0) is 21.2. The summed E-state index contributed by atoms with van der Waals surface area (Å²) in [5.41, 5.74) is 0.529. The molecule has 152 valence electrons. The monoisotopic (exact) mass is 400 g/mol. The lowest BCUT2D eigenvalue weighted by molar-refractivity contribution is -0.123. The van der Waals surface area contributed by atoms with Gasteiger partial charge in [0.2, 0.25) is 0 Å². The number of pyridine rings is 1. The molecule has 0 saturated carbocycles. The molecule has 0 aromatic carbocycles. The molecule has 10 heteroatoms. The quantitative estimate of drug-likeness (QED) is 0.638. The van der Waals surface area contributed by atoms with Gasteiger partial charge in [0.15, 0.2) is 12.4 Å². The van der Waals surface area contributed by atoms with Crippen LogP contribution in [0.3, 0.4) is 0 Å². The van der Waals surface area contributed by atoms with Gasteiger partial charge in [-0.3, -0.25) is 10.1 Å². The number of ether oxygens (including phenoxy) is 1. The first-order valence-corrected chi connectivity index (χ1v) is 8.74. The number of rotatable bonds is 4. The molecule has 2 N–H and O–H groups in total. The standard InChI is InChI=1S/C19H20N4O6/c1-10-15-11(8-12(13-6-5-7-27-13)20-16(15)29-23-10)17(25)28-9-14(24)21-18(26)22-19(2,3)4/h5-8H,9H2,1-4H3,(H2,21,22,24,26). The highest BCUT2D eigenvalue weighted by Crippen LogP contribution is 2.27. The maximum Gasteiger partial charge on any atom is 0.339 e. The first-order chi connectivity index (χ1) is 13.6. The van der Waals surface area contributed by atoms with Gasteiger partial charge in [-0.2, -0.15) is 0 Å². The zero-order valence-corrected chi connectivity index (χ0v) is 16.4. The van der Waals surface area contributed by atoms with E-state index in [1.807, 2.05) is 0 Å². The fourth-order valence-corrected chi connectivity index (χ4v) is 2.55. The Kier molecular flexibility index (Phi) is 5.35. The van der Waals surface area contributed by atoms with Gasteiger partial charge in [0.1, 0.15) is 5.69 Å². The van der Waals surface area contributed by atoms with Crippen molar-refractivity contribution in [3.8, 4) is 11.5 Å². The molecule has 0 radical (unpaired) electrons. The molecule has 29 heavy (non-hydrogen) atoms. The van der Waals surface area contributed by atoms with Crippen LogP contribution in [0.4, 0.5) is 4.79 Å². The van der Waals surface area contributed by atoms with Crippen LogP contribution in [-0.2, 0) is 9.53 Å².